The lowest BCUT2D eigenvalue weighted by atomic mass is 9.70. The van der Waals surface area contributed by atoms with E-state index in [-0.39, 0.29) is 5.41 Å². The minimum atomic E-state index is -0.210. The molecule has 18 heavy (non-hydrogen) atoms. The van der Waals surface area contributed by atoms with E-state index in [1.54, 1.807) is 0 Å². The van der Waals surface area contributed by atoms with Crippen LogP contribution in [0, 0.1) is 25.2 Å². The molecule has 0 amide bonds. The Hall–Kier alpha value is -1.15. The van der Waals surface area contributed by atoms with Gasteiger partial charge in [-0.15, -0.1) is 0 Å². The first-order valence-electron chi connectivity index (χ1n) is 6.80. The van der Waals surface area contributed by atoms with Crippen molar-refractivity contribution in [1.82, 2.24) is 5.32 Å². The molecule has 98 valence electrons. The van der Waals surface area contributed by atoms with Crippen LogP contribution < -0.4 is 5.32 Å². The Balaban J connectivity index is 2.43. The van der Waals surface area contributed by atoms with Gasteiger partial charge in [0, 0.05) is 17.5 Å². The first kappa shape index (κ1) is 13.3. The Bertz CT molecular complexity index is 456. The number of ketones is 1. The molecule has 1 atom stereocenters. The molecule has 0 aliphatic carbocycles. The summed E-state index contributed by atoms with van der Waals surface area (Å²) >= 11 is 0. The predicted octanol–water partition coefficient (Wildman–Crippen LogP) is 3.12. The van der Waals surface area contributed by atoms with Crippen LogP contribution in [0.15, 0.2) is 18.2 Å². The molecule has 0 spiro atoms. The summed E-state index contributed by atoms with van der Waals surface area (Å²) in [7, 11) is 0. The number of carbonyl (C=O) groups is 1. The number of rotatable bonds is 3. The molecule has 1 aromatic carbocycles. The van der Waals surface area contributed by atoms with Crippen LogP contribution in [0.3, 0.4) is 0 Å². The lowest BCUT2D eigenvalue weighted by molar-refractivity contribution is 0.0739. The summed E-state index contributed by atoms with van der Waals surface area (Å²) in [5.41, 5.74) is 2.96. The van der Waals surface area contributed by atoms with E-state index in [9.17, 15) is 4.79 Å². The van der Waals surface area contributed by atoms with Crippen LogP contribution in [0.5, 0.6) is 0 Å². The van der Waals surface area contributed by atoms with Crippen molar-refractivity contribution >= 4 is 5.78 Å². The normalized spacial score (nSPS) is 23.6. The fourth-order valence-electron chi connectivity index (χ4n) is 2.91. The summed E-state index contributed by atoms with van der Waals surface area (Å²) in [6, 6.07) is 6.17. The van der Waals surface area contributed by atoms with E-state index < -0.39 is 0 Å². The summed E-state index contributed by atoms with van der Waals surface area (Å²) in [5.74, 6) is 0.698. The first-order valence-corrected chi connectivity index (χ1v) is 6.80. The van der Waals surface area contributed by atoms with Crippen molar-refractivity contribution < 1.29 is 4.79 Å². The van der Waals surface area contributed by atoms with Crippen LogP contribution >= 0.6 is 0 Å². The number of carbonyl (C=O) groups excluding carboxylic acids is 1. The second-order valence-electron chi connectivity index (χ2n) is 5.89. The molecule has 1 heterocycles. The number of Topliss-reactive ketones (excluding diaryl/α,β-unsaturated/α-hetero) is 1. The molecule has 0 radical (unpaired) electrons. The lowest BCUT2D eigenvalue weighted by Crippen LogP contribution is -2.38. The van der Waals surface area contributed by atoms with Gasteiger partial charge in [0.2, 0.25) is 0 Å². The second kappa shape index (κ2) is 4.85. The zero-order valence-corrected chi connectivity index (χ0v) is 11.8. The fourth-order valence-corrected chi connectivity index (χ4v) is 2.91. The quantitative estimate of drug-likeness (QED) is 0.829. The summed E-state index contributed by atoms with van der Waals surface area (Å²) < 4.78 is 0. The molecule has 1 N–H and O–H groups in total. The van der Waals surface area contributed by atoms with E-state index in [0.29, 0.717) is 11.7 Å². The molecule has 0 bridgehead atoms. The maximum Gasteiger partial charge on any atom is 0.170 e. The summed E-state index contributed by atoms with van der Waals surface area (Å²) in [4.78, 5) is 12.9. The molecule has 1 aliphatic heterocycles. The van der Waals surface area contributed by atoms with Gasteiger partial charge in [-0.05, 0) is 44.4 Å². The molecule has 2 heteroatoms. The van der Waals surface area contributed by atoms with E-state index >= 15 is 0 Å². The molecule has 0 aromatic heterocycles. The Morgan fingerprint density at radius 3 is 2.61 bits per heavy atom. The van der Waals surface area contributed by atoms with E-state index in [4.69, 9.17) is 0 Å². The van der Waals surface area contributed by atoms with Gasteiger partial charge in [0.05, 0.1) is 0 Å². The first-order chi connectivity index (χ1) is 8.47. The Morgan fingerprint density at radius 1 is 1.33 bits per heavy atom. The van der Waals surface area contributed by atoms with Gasteiger partial charge in [-0.3, -0.25) is 4.79 Å². The highest BCUT2D eigenvalue weighted by atomic mass is 16.1. The molecular weight excluding hydrogens is 222 g/mol. The Labute approximate surface area is 110 Å². The Morgan fingerprint density at radius 2 is 2.06 bits per heavy atom. The summed E-state index contributed by atoms with van der Waals surface area (Å²) in [6.07, 6.45) is 0.955. The molecular formula is C16H23NO. The largest absolute Gasteiger partial charge is 0.316 e. The van der Waals surface area contributed by atoms with Gasteiger partial charge in [0.1, 0.15) is 0 Å². The topological polar surface area (TPSA) is 29.1 Å². The van der Waals surface area contributed by atoms with Gasteiger partial charge < -0.3 is 5.32 Å². The number of nitrogens with one attached hydrogen (secondary N) is 1. The SMILES string of the molecule is Cc1ccc(C)c(C(=O)C2(C(C)C)CCNC2)c1. The van der Waals surface area contributed by atoms with Crippen LogP contribution in [-0.2, 0) is 0 Å². The predicted molar refractivity (Wildman–Crippen MR) is 75.0 cm³/mol. The van der Waals surface area contributed by atoms with Crippen molar-refractivity contribution in [3.8, 4) is 0 Å². The van der Waals surface area contributed by atoms with Crippen LogP contribution in [0.1, 0.15) is 41.8 Å². The molecule has 1 saturated heterocycles. The number of aryl methyl sites for hydroxylation is 2. The zero-order chi connectivity index (χ0) is 13.3. The second-order valence-corrected chi connectivity index (χ2v) is 5.89. The molecule has 1 aliphatic rings. The van der Waals surface area contributed by atoms with E-state index in [1.165, 1.54) is 0 Å². The van der Waals surface area contributed by atoms with Gasteiger partial charge >= 0.3 is 0 Å². The van der Waals surface area contributed by atoms with Gasteiger partial charge in [-0.1, -0.05) is 31.5 Å². The molecule has 1 aromatic rings. The number of hydrogen-bond acceptors (Lipinski definition) is 2. The highest BCUT2D eigenvalue weighted by molar-refractivity contribution is 6.02. The van der Waals surface area contributed by atoms with Crippen LogP contribution in [-0.4, -0.2) is 18.9 Å². The zero-order valence-electron chi connectivity index (χ0n) is 11.8. The van der Waals surface area contributed by atoms with Gasteiger partial charge in [0.25, 0.3) is 0 Å². The van der Waals surface area contributed by atoms with Crippen molar-refractivity contribution in [3.05, 3.63) is 34.9 Å². The van der Waals surface area contributed by atoms with Crippen molar-refractivity contribution in [2.24, 2.45) is 11.3 Å². The molecule has 1 unspecified atom stereocenters. The minimum absolute atomic E-state index is 0.210. The van der Waals surface area contributed by atoms with E-state index in [2.05, 4.69) is 31.3 Å². The molecule has 1 fully saturated rings. The number of hydrogen-bond donors (Lipinski definition) is 1. The van der Waals surface area contributed by atoms with Crippen molar-refractivity contribution in [3.63, 3.8) is 0 Å². The van der Waals surface area contributed by atoms with Crippen LogP contribution in [0.2, 0.25) is 0 Å². The van der Waals surface area contributed by atoms with Gasteiger partial charge in [-0.25, -0.2) is 0 Å². The maximum absolute atomic E-state index is 12.9. The third-order valence-electron chi connectivity index (χ3n) is 4.38. The molecule has 2 nitrogen and oxygen atoms in total. The third-order valence-corrected chi connectivity index (χ3v) is 4.38. The van der Waals surface area contributed by atoms with Crippen molar-refractivity contribution in [2.75, 3.05) is 13.1 Å². The van der Waals surface area contributed by atoms with Crippen molar-refractivity contribution in [2.45, 2.75) is 34.1 Å². The Kier molecular flexibility index (Phi) is 3.58. The average Bonchev–Trinajstić information content (AvgIpc) is 2.82. The van der Waals surface area contributed by atoms with Crippen LogP contribution in [0.4, 0.5) is 0 Å². The smallest absolute Gasteiger partial charge is 0.170 e. The van der Waals surface area contributed by atoms with E-state index in [0.717, 1.165) is 36.2 Å². The van der Waals surface area contributed by atoms with Crippen molar-refractivity contribution in [1.29, 1.82) is 0 Å². The highest BCUT2D eigenvalue weighted by Gasteiger charge is 2.44. The van der Waals surface area contributed by atoms with Gasteiger partial charge in [0.15, 0.2) is 5.78 Å². The maximum atomic E-state index is 12.9. The summed E-state index contributed by atoms with van der Waals surface area (Å²) in [6.45, 7) is 10.2. The molecule has 0 saturated carbocycles. The standard InChI is InChI=1S/C16H23NO/c1-11(2)16(7-8-17-10-16)15(18)14-9-12(3)5-6-13(14)4/h5-6,9,11,17H,7-8,10H2,1-4H3. The van der Waals surface area contributed by atoms with E-state index in [1.807, 2.05) is 19.9 Å². The average molecular weight is 245 g/mol. The highest BCUT2D eigenvalue weighted by Crippen LogP contribution is 2.38. The van der Waals surface area contributed by atoms with Gasteiger partial charge in [-0.2, -0.15) is 0 Å². The fraction of sp³-hybridized carbons (Fsp3) is 0.562. The van der Waals surface area contributed by atoms with Crippen LogP contribution in [0.25, 0.3) is 0 Å². The lowest BCUT2D eigenvalue weighted by Gasteiger charge is -2.31. The number of benzene rings is 1. The summed E-state index contributed by atoms with van der Waals surface area (Å²) in [5, 5.41) is 3.36. The monoisotopic (exact) mass is 245 g/mol. The third kappa shape index (κ3) is 2.10. The minimum Gasteiger partial charge on any atom is -0.316 e. The molecule has 2 rings (SSSR count).